The topological polar surface area (TPSA) is 80.8 Å². The van der Waals surface area contributed by atoms with Crippen molar-refractivity contribution in [1.29, 1.82) is 0 Å². The summed E-state index contributed by atoms with van der Waals surface area (Å²) in [5.41, 5.74) is 3.80. The molecule has 0 aromatic rings. The zero-order valence-electron chi connectivity index (χ0n) is 38.7. The van der Waals surface area contributed by atoms with Crippen LogP contribution in [-0.2, 0) is 23.9 Å². The van der Waals surface area contributed by atoms with Crippen molar-refractivity contribution in [2.45, 2.75) is 184 Å². The van der Waals surface area contributed by atoms with Crippen LogP contribution in [0.3, 0.4) is 0 Å². The number of ketones is 4. The quantitative estimate of drug-likeness (QED) is 0.205. The van der Waals surface area contributed by atoms with E-state index < -0.39 is 0 Å². The van der Waals surface area contributed by atoms with Crippen LogP contribution in [0, 0.1) is 92.7 Å². The lowest BCUT2D eigenvalue weighted by Crippen LogP contribution is -2.53. The smallest absolute Gasteiger partial charge is 0.156 e. The molecule has 326 valence electrons. The Bertz CT molecular complexity index is 1780. The Kier molecular flexibility index (Phi) is 11.7. The van der Waals surface area contributed by atoms with Gasteiger partial charge in [-0.2, -0.15) is 0 Å². The van der Waals surface area contributed by atoms with Crippen molar-refractivity contribution >= 4 is 23.1 Å². The van der Waals surface area contributed by atoms with Gasteiger partial charge in [0.1, 0.15) is 17.7 Å². The van der Waals surface area contributed by atoms with Crippen LogP contribution < -0.4 is 0 Å². The molecule has 5 saturated carbocycles. The Balaban J connectivity index is 0.000000164. The first kappa shape index (κ1) is 43.5. The maximum Gasteiger partial charge on any atom is 0.156 e. The van der Waals surface area contributed by atoms with Crippen LogP contribution in [0.1, 0.15) is 172 Å². The van der Waals surface area contributed by atoms with E-state index in [1.807, 2.05) is 39.8 Å². The molecule has 5 heteroatoms. The third-order valence-corrected chi connectivity index (χ3v) is 20.2. The Morgan fingerprint density at radius 1 is 0.644 bits per heavy atom. The zero-order chi connectivity index (χ0) is 42.4. The van der Waals surface area contributed by atoms with Gasteiger partial charge in [-0.15, -0.1) is 0 Å². The van der Waals surface area contributed by atoms with Gasteiger partial charge in [-0.1, -0.05) is 81.4 Å². The van der Waals surface area contributed by atoms with Gasteiger partial charge >= 0.3 is 0 Å². The number of rotatable bonds is 10. The van der Waals surface area contributed by atoms with E-state index in [0.29, 0.717) is 82.0 Å². The van der Waals surface area contributed by atoms with Gasteiger partial charge in [-0.3, -0.25) is 19.2 Å². The van der Waals surface area contributed by atoms with Crippen molar-refractivity contribution in [3.63, 3.8) is 0 Å². The second-order valence-corrected chi connectivity index (χ2v) is 23.7. The van der Waals surface area contributed by atoms with Gasteiger partial charge in [0.05, 0.1) is 6.10 Å². The van der Waals surface area contributed by atoms with Crippen LogP contribution in [0.4, 0.5) is 0 Å². The van der Waals surface area contributed by atoms with Crippen molar-refractivity contribution in [2.75, 3.05) is 0 Å². The van der Waals surface area contributed by atoms with Gasteiger partial charge in [-0.05, 0) is 181 Å². The molecule has 0 spiro atoms. The van der Waals surface area contributed by atoms with E-state index in [2.05, 4.69) is 53.7 Å². The number of fused-ring (bicyclic) bond motifs is 13. The Labute approximate surface area is 358 Å². The Morgan fingerprint density at radius 2 is 1.17 bits per heavy atom. The standard InChI is InChI=1S/C27H40O3.C27H40O2/c1-15(2)22(29)9-6-16(3)18-7-8-19-23-20(11-13-26(18,19)4)27(5)12-10-17(28)14-21(27)24-25(23)30-24;1-17(2)25(29)11-6-18(3)22-9-10-23-21-8-7-19-16-20(28)12-14-26(19,4)24(21)13-15-27(22,23)5/h14-16,18-20,23-25H,6-13H2,1-5H3;7-8,16-18,21-24H,6,9-15H2,1-5H3/t16-,18-,19+,20+,23+,24?,25?,26-,27-;18-,21+,22-,23+,24+,26+,27-/m11/s1. The van der Waals surface area contributed by atoms with Gasteiger partial charge in [0, 0.05) is 37.5 Å². The van der Waals surface area contributed by atoms with Crippen LogP contribution in [0.2, 0.25) is 0 Å². The minimum atomic E-state index is 0.163. The van der Waals surface area contributed by atoms with Gasteiger partial charge < -0.3 is 4.74 Å². The lowest BCUT2D eigenvalue weighted by Gasteiger charge is -2.57. The number of hydrogen-bond acceptors (Lipinski definition) is 5. The summed E-state index contributed by atoms with van der Waals surface area (Å²) in [6, 6.07) is 0. The van der Waals surface area contributed by atoms with Crippen molar-refractivity contribution in [3.8, 4) is 0 Å². The highest BCUT2D eigenvalue weighted by Gasteiger charge is 2.69. The Hall–Kier alpha value is -2.14. The Morgan fingerprint density at radius 3 is 1.76 bits per heavy atom. The first-order valence-corrected chi connectivity index (χ1v) is 24.7. The molecule has 6 fully saturated rings. The van der Waals surface area contributed by atoms with E-state index in [0.717, 1.165) is 68.6 Å². The molecule has 9 rings (SSSR count). The number of carbonyl (C=O) groups excluding carboxylic acids is 4. The number of carbonyl (C=O) groups is 4. The first-order chi connectivity index (χ1) is 27.8. The highest BCUT2D eigenvalue weighted by atomic mass is 16.6. The predicted octanol–water partition coefficient (Wildman–Crippen LogP) is 12.3. The maximum atomic E-state index is 12.2. The summed E-state index contributed by atoms with van der Waals surface area (Å²) in [6.45, 7) is 22.9. The molecule has 0 bridgehead atoms. The molecule has 1 heterocycles. The minimum absolute atomic E-state index is 0.163. The van der Waals surface area contributed by atoms with Crippen LogP contribution in [-0.4, -0.2) is 35.3 Å². The molecule has 8 aliphatic carbocycles. The van der Waals surface area contributed by atoms with Crippen LogP contribution in [0.15, 0.2) is 35.5 Å². The molecule has 5 nitrogen and oxygen atoms in total. The zero-order valence-corrected chi connectivity index (χ0v) is 38.7. The maximum absolute atomic E-state index is 12.2. The lowest BCUT2D eigenvalue weighted by atomic mass is 9.46. The molecule has 9 aliphatic rings. The number of Topliss-reactive ketones (excluding diaryl/α,β-unsaturated/α-hetero) is 2. The van der Waals surface area contributed by atoms with Crippen LogP contribution >= 0.6 is 0 Å². The molecule has 2 unspecified atom stereocenters. The summed E-state index contributed by atoms with van der Waals surface area (Å²) in [5.74, 6) is 8.75. The van der Waals surface area contributed by atoms with Crippen molar-refractivity contribution in [3.05, 3.63) is 35.5 Å². The number of epoxide rings is 1. The average molecular weight is 809 g/mol. The predicted molar refractivity (Wildman–Crippen MR) is 236 cm³/mol. The van der Waals surface area contributed by atoms with Crippen molar-refractivity contribution < 1.29 is 23.9 Å². The summed E-state index contributed by atoms with van der Waals surface area (Å²) in [4.78, 5) is 48.5. The highest BCUT2D eigenvalue weighted by molar-refractivity contribution is 5.92. The van der Waals surface area contributed by atoms with Crippen LogP contribution in [0.5, 0.6) is 0 Å². The van der Waals surface area contributed by atoms with E-state index in [1.165, 1.54) is 62.5 Å². The van der Waals surface area contributed by atoms with E-state index in [9.17, 15) is 19.2 Å². The second-order valence-electron chi connectivity index (χ2n) is 23.7. The second kappa shape index (κ2) is 15.9. The molecule has 0 radical (unpaired) electrons. The van der Waals surface area contributed by atoms with Crippen molar-refractivity contribution in [2.24, 2.45) is 92.7 Å². The lowest BCUT2D eigenvalue weighted by molar-refractivity contribution is -0.123. The molecule has 1 aliphatic heterocycles. The molecule has 0 N–H and O–H groups in total. The molecular weight excluding hydrogens is 729 g/mol. The highest BCUT2D eigenvalue weighted by Crippen LogP contribution is 2.71. The molecule has 59 heavy (non-hydrogen) atoms. The van der Waals surface area contributed by atoms with E-state index in [4.69, 9.17) is 4.74 Å². The summed E-state index contributed by atoms with van der Waals surface area (Å²) in [7, 11) is 0. The minimum Gasteiger partial charge on any atom is -0.365 e. The number of ether oxygens (including phenoxy) is 1. The fraction of sp³-hybridized carbons (Fsp3) is 0.815. The van der Waals surface area contributed by atoms with Crippen molar-refractivity contribution in [1.82, 2.24) is 0 Å². The fourth-order valence-electron chi connectivity index (χ4n) is 16.5. The van der Waals surface area contributed by atoms with Gasteiger partial charge in [0.2, 0.25) is 0 Å². The molecule has 0 aromatic heterocycles. The fourth-order valence-corrected chi connectivity index (χ4v) is 16.5. The summed E-state index contributed by atoms with van der Waals surface area (Å²) < 4.78 is 6.32. The van der Waals surface area contributed by atoms with Gasteiger partial charge in [0.25, 0.3) is 0 Å². The SMILES string of the molecule is CC(C)C(=O)CC[C@@H](C)[C@H]1CC[C@H]2[C@@H]3C4OC4C4=CC(=O)CC[C@]4(C)[C@H]3CC[C@]12C.CC(C)C(=O)CC[C@@H](C)[C@H]1CC[C@H]2[C@@H]3C=CC4=CC(=O)CC[C@]4(C)[C@H]3CC[C@]12C. The molecular formula is C54H80O5. The normalized spacial score (nSPS) is 44.9. The summed E-state index contributed by atoms with van der Waals surface area (Å²) in [5, 5.41) is 0. The van der Waals surface area contributed by atoms with E-state index in [1.54, 1.807) is 0 Å². The third kappa shape index (κ3) is 7.31. The monoisotopic (exact) mass is 809 g/mol. The molecule has 1 saturated heterocycles. The molecule has 0 amide bonds. The molecule has 16 atom stereocenters. The summed E-state index contributed by atoms with van der Waals surface area (Å²) >= 11 is 0. The van der Waals surface area contributed by atoms with Gasteiger partial charge in [-0.25, -0.2) is 0 Å². The third-order valence-electron chi connectivity index (χ3n) is 20.2. The van der Waals surface area contributed by atoms with E-state index >= 15 is 0 Å². The largest absolute Gasteiger partial charge is 0.365 e. The number of hydrogen-bond donors (Lipinski definition) is 0. The first-order valence-electron chi connectivity index (χ1n) is 24.7. The summed E-state index contributed by atoms with van der Waals surface area (Å²) in [6.07, 6.45) is 26.9. The van der Waals surface area contributed by atoms with E-state index in [-0.39, 0.29) is 28.8 Å². The van der Waals surface area contributed by atoms with Gasteiger partial charge in [0.15, 0.2) is 11.6 Å². The average Bonchev–Trinajstić information content (AvgIpc) is 3.79. The molecule has 0 aromatic carbocycles. The number of allylic oxidation sites excluding steroid dienone is 4. The van der Waals surface area contributed by atoms with Crippen LogP contribution in [0.25, 0.3) is 0 Å².